The van der Waals surface area contributed by atoms with E-state index in [1.165, 1.54) is 12.8 Å². The maximum Gasteiger partial charge on any atom is 0.338 e. The number of nitrogens with two attached hydrogens (primary N) is 1. The molecule has 2 N–H and O–H groups in total. The van der Waals surface area contributed by atoms with Crippen molar-refractivity contribution in [2.45, 2.75) is 44.6 Å². The Morgan fingerprint density at radius 1 is 1.18 bits per heavy atom. The van der Waals surface area contributed by atoms with E-state index in [9.17, 15) is 4.79 Å². The van der Waals surface area contributed by atoms with E-state index in [-0.39, 0.29) is 12.1 Å². The van der Waals surface area contributed by atoms with Crippen molar-refractivity contribution in [1.29, 1.82) is 0 Å². The van der Waals surface area contributed by atoms with E-state index >= 15 is 0 Å². The maximum atomic E-state index is 11.9. The number of esters is 1. The van der Waals surface area contributed by atoms with Gasteiger partial charge in [-0.2, -0.15) is 0 Å². The number of anilines is 1. The number of carbonyl (C=O) groups excluding carboxylic acids is 1. The van der Waals surface area contributed by atoms with Gasteiger partial charge in [0, 0.05) is 5.69 Å². The van der Waals surface area contributed by atoms with Crippen molar-refractivity contribution >= 4 is 11.7 Å². The Labute approximate surface area is 102 Å². The zero-order valence-electron chi connectivity index (χ0n) is 10.0. The molecule has 2 rings (SSSR count). The van der Waals surface area contributed by atoms with Crippen LogP contribution in [0.1, 0.15) is 48.9 Å². The second kappa shape index (κ2) is 5.71. The van der Waals surface area contributed by atoms with Gasteiger partial charge in [-0.15, -0.1) is 0 Å². The average molecular weight is 233 g/mol. The molecular weight excluding hydrogens is 214 g/mol. The van der Waals surface area contributed by atoms with Crippen LogP contribution in [0.3, 0.4) is 0 Å². The summed E-state index contributed by atoms with van der Waals surface area (Å²) in [6, 6.07) is 6.95. The molecule has 1 saturated carbocycles. The van der Waals surface area contributed by atoms with Crippen LogP contribution in [0.4, 0.5) is 5.69 Å². The SMILES string of the molecule is Nc1cccc(C(=O)OC2CCCCCC2)c1. The van der Waals surface area contributed by atoms with Crippen LogP contribution in [0.2, 0.25) is 0 Å². The largest absolute Gasteiger partial charge is 0.459 e. The lowest BCUT2D eigenvalue weighted by Crippen LogP contribution is -2.17. The van der Waals surface area contributed by atoms with E-state index in [2.05, 4.69) is 0 Å². The summed E-state index contributed by atoms with van der Waals surface area (Å²) in [7, 11) is 0. The van der Waals surface area contributed by atoms with E-state index in [1.54, 1.807) is 24.3 Å². The fourth-order valence-corrected chi connectivity index (χ4v) is 2.24. The number of hydrogen-bond donors (Lipinski definition) is 1. The molecule has 1 aliphatic rings. The fraction of sp³-hybridized carbons (Fsp3) is 0.500. The molecule has 0 radical (unpaired) electrons. The van der Waals surface area contributed by atoms with Gasteiger partial charge in [0.1, 0.15) is 6.10 Å². The van der Waals surface area contributed by atoms with Crippen LogP contribution in [0.15, 0.2) is 24.3 Å². The van der Waals surface area contributed by atoms with Gasteiger partial charge in [0.15, 0.2) is 0 Å². The maximum absolute atomic E-state index is 11.9. The van der Waals surface area contributed by atoms with Crippen LogP contribution in [0.25, 0.3) is 0 Å². The smallest absolute Gasteiger partial charge is 0.338 e. The molecule has 0 amide bonds. The minimum Gasteiger partial charge on any atom is -0.459 e. The van der Waals surface area contributed by atoms with Crippen LogP contribution >= 0.6 is 0 Å². The molecule has 0 bridgehead atoms. The molecule has 3 nitrogen and oxygen atoms in total. The number of ether oxygens (including phenoxy) is 1. The average Bonchev–Trinajstić information content (AvgIpc) is 2.57. The molecule has 0 unspecified atom stereocenters. The van der Waals surface area contributed by atoms with E-state index in [1.807, 2.05) is 0 Å². The zero-order valence-corrected chi connectivity index (χ0v) is 10.0. The second-order valence-electron chi connectivity index (χ2n) is 4.64. The quantitative estimate of drug-likeness (QED) is 0.485. The van der Waals surface area contributed by atoms with Crippen LogP contribution < -0.4 is 5.73 Å². The van der Waals surface area contributed by atoms with Crippen LogP contribution in [-0.2, 0) is 4.74 Å². The third-order valence-electron chi connectivity index (χ3n) is 3.20. The minimum atomic E-state index is -0.246. The van der Waals surface area contributed by atoms with Gasteiger partial charge in [0.05, 0.1) is 5.56 Å². The number of carbonyl (C=O) groups is 1. The molecule has 0 saturated heterocycles. The van der Waals surface area contributed by atoms with Crippen molar-refractivity contribution in [2.24, 2.45) is 0 Å². The van der Waals surface area contributed by atoms with E-state index in [0.717, 1.165) is 25.7 Å². The zero-order chi connectivity index (χ0) is 12.1. The molecular formula is C14H19NO2. The molecule has 17 heavy (non-hydrogen) atoms. The summed E-state index contributed by atoms with van der Waals surface area (Å²) >= 11 is 0. The van der Waals surface area contributed by atoms with Crippen molar-refractivity contribution < 1.29 is 9.53 Å². The summed E-state index contributed by atoms with van der Waals surface area (Å²) in [4.78, 5) is 11.9. The first-order valence-electron chi connectivity index (χ1n) is 6.32. The molecule has 92 valence electrons. The highest BCUT2D eigenvalue weighted by Gasteiger charge is 2.17. The van der Waals surface area contributed by atoms with Crippen LogP contribution in [0, 0.1) is 0 Å². The number of rotatable bonds is 2. The summed E-state index contributed by atoms with van der Waals surface area (Å²) < 4.78 is 5.52. The predicted molar refractivity (Wildman–Crippen MR) is 67.8 cm³/mol. The number of benzene rings is 1. The topological polar surface area (TPSA) is 52.3 Å². The second-order valence-corrected chi connectivity index (χ2v) is 4.64. The van der Waals surface area contributed by atoms with Crippen molar-refractivity contribution in [2.75, 3.05) is 5.73 Å². The lowest BCUT2D eigenvalue weighted by atomic mass is 10.1. The molecule has 3 heteroatoms. The van der Waals surface area contributed by atoms with Crippen molar-refractivity contribution in [3.8, 4) is 0 Å². The predicted octanol–water partition coefficient (Wildman–Crippen LogP) is 3.15. The first kappa shape index (κ1) is 12.0. The standard InChI is InChI=1S/C14H19NO2/c15-12-7-5-6-11(10-12)14(16)17-13-8-3-1-2-4-9-13/h5-7,10,13H,1-4,8-9,15H2. The van der Waals surface area contributed by atoms with Crippen LogP contribution in [0.5, 0.6) is 0 Å². The van der Waals surface area contributed by atoms with Crippen LogP contribution in [-0.4, -0.2) is 12.1 Å². The van der Waals surface area contributed by atoms with Gasteiger partial charge in [-0.05, 0) is 43.9 Å². The molecule has 0 heterocycles. The first-order chi connectivity index (χ1) is 8.25. The summed E-state index contributed by atoms with van der Waals surface area (Å²) in [6.07, 6.45) is 6.91. The molecule has 0 spiro atoms. The Morgan fingerprint density at radius 3 is 2.53 bits per heavy atom. The molecule has 1 fully saturated rings. The monoisotopic (exact) mass is 233 g/mol. The van der Waals surface area contributed by atoms with Crippen molar-refractivity contribution in [3.05, 3.63) is 29.8 Å². The van der Waals surface area contributed by atoms with E-state index < -0.39 is 0 Å². The lowest BCUT2D eigenvalue weighted by Gasteiger charge is -2.15. The summed E-state index contributed by atoms with van der Waals surface area (Å²) in [5, 5.41) is 0. The molecule has 1 aromatic rings. The highest BCUT2D eigenvalue weighted by Crippen LogP contribution is 2.21. The Balaban J connectivity index is 1.96. The third kappa shape index (κ3) is 3.48. The molecule has 1 aromatic carbocycles. The van der Waals surface area contributed by atoms with Gasteiger partial charge in [0.25, 0.3) is 0 Å². The van der Waals surface area contributed by atoms with Crippen molar-refractivity contribution in [1.82, 2.24) is 0 Å². The first-order valence-corrected chi connectivity index (χ1v) is 6.32. The molecule has 0 aromatic heterocycles. The number of nitrogen functional groups attached to an aromatic ring is 1. The molecule has 1 aliphatic carbocycles. The van der Waals surface area contributed by atoms with E-state index in [0.29, 0.717) is 11.3 Å². The fourth-order valence-electron chi connectivity index (χ4n) is 2.24. The Bertz CT molecular complexity index is 382. The number of hydrogen-bond acceptors (Lipinski definition) is 3. The normalized spacial score (nSPS) is 17.4. The van der Waals surface area contributed by atoms with Gasteiger partial charge in [-0.3, -0.25) is 0 Å². The van der Waals surface area contributed by atoms with Gasteiger partial charge in [-0.1, -0.05) is 18.9 Å². The van der Waals surface area contributed by atoms with Gasteiger partial charge in [-0.25, -0.2) is 4.79 Å². The van der Waals surface area contributed by atoms with Gasteiger partial charge < -0.3 is 10.5 Å². The highest BCUT2D eigenvalue weighted by molar-refractivity contribution is 5.90. The van der Waals surface area contributed by atoms with E-state index in [4.69, 9.17) is 10.5 Å². The Morgan fingerprint density at radius 2 is 1.88 bits per heavy atom. The third-order valence-corrected chi connectivity index (χ3v) is 3.20. The summed E-state index contributed by atoms with van der Waals surface area (Å²) in [5.41, 5.74) is 6.79. The summed E-state index contributed by atoms with van der Waals surface area (Å²) in [5.74, 6) is -0.246. The summed E-state index contributed by atoms with van der Waals surface area (Å²) in [6.45, 7) is 0. The Kier molecular flexibility index (Phi) is 4.02. The highest BCUT2D eigenvalue weighted by atomic mass is 16.5. The minimum absolute atomic E-state index is 0.0893. The van der Waals surface area contributed by atoms with Crippen molar-refractivity contribution in [3.63, 3.8) is 0 Å². The molecule has 0 aliphatic heterocycles. The van der Waals surface area contributed by atoms with Gasteiger partial charge >= 0.3 is 5.97 Å². The molecule has 0 atom stereocenters. The lowest BCUT2D eigenvalue weighted by molar-refractivity contribution is 0.0267. The Hall–Kier alpha value is -1.51. The van der Waals surface area contributed by atoms with Gasteiger partial charge in [0.2, 0.25) is 0 Å².